The second kappa shape index (κ2) is 7.25. The van der Waals surface area contributed by atoms with Crippen LogP contribution < -0.4 is 5.32 Å². The second-order valence-electron chi connectivity index (χ2n) is 5.64. The SMILES string of the molecule is CCCOC(=O)c1cnc2nc(C)ccc2c1Nc1cccc(F)c1. The van der Waals surface area contributed by atoms with Crippen molar-refractivity contribution in [1.29, 1.82) is 0 Å². The Hall–Kier alpha value is -3.02. The number of ether oxygens (including phenoxy) is 1. The molecule has 6 heteroatoms. The lowest BCUT2D eigenvalue weighted by atomic mass is 10.1. The fourth-order valence-electron chi connectivity index (χ4n) is 2.44. The van der Waals surface area contributed by atoms with Crippen molar-refractivity contribution in [2.75, 3.05) is 11.9 Å². The van der Waals surface area contributed by atoms with Crippen LogP contribution in [0.5, 0.6) is 0 Å². The van der Waals surface area contributed by atoms with E-state index in [9.17, 15) is 9.18 Å². The summed E-state index contributed by atoms with van der Waals surface area (Å²) in [6.07, 6.45) is 2.16. The molecule has 0 saturated heterocycles. The van der Waals surface area contributed by atoms with Crippen LogP contribution in [-0.2, 0) is 4.74 Å². The minimum absolute atomic E-state index is 0.288. The van der Waals surface area contributed by atoms with Crippen molar-refractivity contribution in [3.05, 3.63) is 59.7 Å². The summed E-state index contributed by atoms with van der Waals surface area (Å²) in [4.78, 5) is 21.0. The van der Waals surface area contributed by atoms with E-state index < -0.39 is 5.97 Å². The van der Waals surface area contributed by atoms with E-state index >= 15 is 0 Å². The maximum absolute atomic E-state index is 13.5. The van der Waals surface area contributed by atoms with Crippen LogP contribution in [0.2, 0.25) is 0 Å². The maximum atomic E-state index is 13.5. The summed E-state index contributed by atoms with van der Waals surface area (Å²) in [6.45, 7) is 4.11. The van der Waals surface area contributed by atoms with Gasteiger partial charge in [0.1, 0.15) is 11.4 Å². The molecule has 3 aromatic rings. The fraction of sp³-hybridized carbons (Fsp3) is 0.211. The zero-order valence-corrected chi connectivity index (χ0v) is 14.0. The molecule has 0 unspecified atom stereocenters. The highest BCUT2D eigenvalue weighted by Gasteiger charge is 2.18. The molecule has 5 nitrogen and oxygen atoms in total. The van der Waals surface area contributed by atoms with Gasteiger partial charge in [-0.3, -0.25) is 0 Å². The number of carbonyl (C=O) groups excluding carboxylic acids is 1. The van der Waals surface area contributed by atoms with Crippen LogP contribution in [-0.4, -0.2) is 22.5 Å². The zero-order chi connectivity index (χ0) is 17.8. The number of hydrogen-bond acceptors (Lipinski definition) is 5. The van der Waals surface area contributed by atoms with E-state index in [1.807, 2.05) is 26.0 Å². The first-order valence-corrected chi connectivity index (χ1v) is 8.04. The quantitative estimate of drug-likeness (QED) is 0.699. The highest BCUT2D eigenvalue weighted by Crippen LogP contribution is 2.29. The molecule has 0 radical (unpaired) electrons. The van der Waals surface area contributed by atoms with Gasteiger partial charge in [-0.25, -0.2) is 19.2 Å². The van der Waals surface area contributed by atoms with Crippen molar-refractivity contribution >= 4 is 28.4 Å². The molecule has 0 spiro atoms. The molecule has 0 fully saturated rings. The predicted molar refractivity (Wildman–Crippen MR) is 94.5 cm³/mol. The molecule has 2 aromatic heterocycles. The highest BCUT2D eigenvalue weighted by molar-refractivity contribution is 6.05. The molecular weight excluding hydrogens is 321 g/mol. The maximum Gasteiger partial charge on any atom is 0.341 e. The van der Waals surface area contributed by atoms with Gasteiger partial charge in [0.15, 0.2) is 5.65 Å². The Bertz CT molecular complexity index is 928. The zero-order valence-electron chi connectivity index (χ0n) is 14.0. The molecule has 0 aliphatic carbocycles. The van der Waals surface area contributed by atoms with Crippen molar-refractivity contribution in [3.8, 4) is 0 Å². The van der Waals surface area contributed by atoms with Gasteiger partial charge < -0.3 is 10.1 Å². The number of esters is 1. The molecule has 0 atom stereocenters. The van der Waals surface area contributed by atoms with Crippen LogP contribution in [0.15, 0.2) is 42.6 Å². The topological polar surface area (TPSA) is 64.1 Å². The van der Waals surface area contributed by atoms with Gasteiger partial charge in [0.05, 0.1) is 12.3 Å². The van der Waals surface area contributed by atoms with Crippen molar-refractivity contribution in [3.63, 3.8) is 0 Å². The van der Waals surface area contributed by atoms with Gasteiger partial charge in [0.25, 0.3) is 0 Å². The first-order chi connectivity index (χ1) is 12.1. The Morgan fingerprint density at radius 3 is 2.88 bits per heavy atom. The van der Waals surface area contributed by atoms with E-state index in [1.165, 1.54) is 18.3 Å². The minimum atomic E-state index is -0.476. The smallest absolute Gasteiger partial charge is 0.341 e. The lowest BCUT2D eigenvalue weighted by molar-refractivity contribution is 0.0506. The van der Waals surface area contributed by atoms with Gasteiger partial charge in [-0.2, -0.15) is 0 Å². The average Bonchev–Trinajstić information content (AvgIpc) is 2.59. The predicted octanol–water partition coefficient (Wildman–Crippen LogP) is 4.39. The van der Waals surface area contributed by atoms with Crippen LogP contribution >= 0.6 is 0 Å². The summed E-state index contributed by atoms with van der Waals surface area (Å²) in [5.74, 6) is -0.844. The Morgan fingerprint density at radius 1 is 1.28 bits per heavy atom. The second-order valence-corrected chi connectivity index (χ2v) is 5.64. The van der Waals surface area contributed by atoms with E-state index in [-0.39, 0.29) is 11.4 Å². The molecule has 3 rings (SSSR count). The molecule has 0 aliphatic rings. The van der Waals surface area contributed by atoms with Gasteiger partial charge in [-0.05, 0) is 43.7 Å². The van der Waals surface area contributed by atoms with Gasteiger partial charge in [-0.15, -0.1) is 0 Å². The number of anilines is 2. The third-order valence-corrected chi connectivity index (χ3v) is 3.62. The first kappa shape index (κ1) is 16.8. The number of pyridine rings is 2. The number of fused-ring (bicyclic) bond motifs is 1. The molecule has 1 N–H and O–H groups in total. The number of halogens is 1. The van der Waals surface area contributed by atoms with Crippen LogP contribution in [0.25, 0.3) is 11.0 Å². The van der Waals surface area contributed by atoms with Crippen LogP contribution in [0, 0.1) is 12.7 Å². The molecule has 0 saturated carbocycles. The molecule has 0 bridgehead atoms. The molecule has 0 amide bonds. The largest absolute Gasteiger partial charge is 0.462 e. The summed E-state index contributed by atoms with van der Waals surface area (Å²) in [6, 6.07) is 9.70. The number of hydrogen-bond donors (Lipinski definition) is 1. The van der Waals surface area contributed by atoms with Crippen molar-refractivity contribution in [2.24, 2.45) is 0 Å². The summed E-state index contributed by atoms with van der Waals surface area (Å²) in [5, 5.41) is 3.78. The number of rotatable bonds is 5. The Kier molecular flexibility index (Phi) is 4.88. The van der Waals surface area contributed by atoms with E-state index in [0.717, 1.165) is 12.1 Å². The third kappa shape index (κ3) is 3.74. The molecule has 128 valence electrons. The van der Waals surface area contributed by atoms with Gasteiger partial charge in [0, 0.05) is 23.0 Å². The van der Waals surface area contributed by atoms with Crippen molar-refractivity contribution in [2.45, 2.75) is 20.3 Å². The Labute approximate surface area is 144 Å². The number of benzene rings is 1. The molecule has 25 heavy (non-hydrogen) atoms. The summed E-state index contributed by atoms with van der Waals surface area (Å²) in [5.41, 5.74) is 2.64. The fourth-order valence-corrected chi connectivity index (χ4v) is 2.44. The van der Waals surface area contributed by atoms with E-state index in [0.29, 0.717) is 29.0 Å². The highest BCUT2D eigenvalue weighted by atomic mass is 19.1. The van der Waals surface area contributed by atoms with Crippen LogP contribution in [0.1, 0.15) is 29.4 Å². The summed E-state index contributed by atoms with van der Waals surface area (Å²) >= 11 is 0. The number of nitrogens with zero attached hydrogens (tertiary/aromatic N) is 2. The number of aromatic nitrogens is 2. The summed E-state index contributed by atoms with van der Waals surface area (Å²) < 4.78 is 18.7. The van der Waals surface area contributed by atoms with E-state index in [2.05, 4.69) is 15.3 Å². The van der Waals surface area contributed by atoms with Crippen LogP contribution in [0.3, 0.4) is 0 Å². The number of carbonyl (C=O) groups is 1. The van der Waals surface area contributed by atoms with Crippen molar-refractivity contribution < 1.29 is 13.9 Å². The van der Waals surface area contributed by atoms with Gasteiger partial charge in [0.2, 0.25) is 0 Å². The van der Waals surface area contributed by atoms with Gasteiger partial charge >= 0.3 is 5.97 Å². The van der Waals surface area contributed by atoms with E-state index in [1.54, 1.807) is 12.1 Å². The monoisotopic (exact) mass is 339 g/mol. The summed E-state index contributed by atoms with van der Waals surface area (Å²) in [7, 11) is 0. The molecule has 0 aliphatic heterocycles. The Morgan fingerprint density at radius 2 is 2.12 bits per heavy atom. The average molecular weight is 339 g/mol. The number of nitrogens with one attached hydrogen (secondary N) is 1. The molecular formula is C19H18FN3O2. The van der Waals surface area contributed by atoms with Gasteiger partial charge in [-0.1, -0.05) is 13.0 Å². The lowest BCUT2D eigenvalue weighted by Crippen LogP contribution is -2.10. The Balaban J connectivity index is 2.11. The normalized spacial score (nSPS) is 10.7. The first-order valence-electron chi connectivity index (χ1n) is 8.04. The minimum Gasteiger partial charge on any atom is -0.462 e. The third-order valence-electron chi connectivity index (χ3n) is 3.62. The van der Waals surface area contributed by atoms with Crippen LogP contribution in [0.4, 0.5) is 15.8 Å². The standard InChI is InChI=1S/C19H18FN3O2/c1-3-9-25-19(24)16-11-21-18-15(8-7-12(2)22-18)17(16)23-14-6-4-5-13(20)10-14/h4-8,10-11H,3,9H2,1-2H3,(H,21,22,23). The lowest BCUT2D eigenvalue weighted by Gasteiger charge is -2.14. The number of aryl methyl sites for hydroxylation is 1. The molecule has 1 aromatic carbocycles. The molecule has 2 heterocycles. The van der Waals surface area contributed by atoms with Crippen molar-refractivity contribution in [1.82, 2.24) is 9.97 Å². The van der Waals surface area contributed by atoms with E-state index in [4.69, 9.17) is 4.74 Å².